The van der Waals surface area contributed by atoms with Crippen LogP contribution in [0.2, 0.25) is 0 Å². The first-order valence-corrected chi connectivity index (χ1v) is 6.17. The highest BCUT2D eigenvalue weighted by Gasteiger charge is 2.09. The van der Waals surface area contributed by atoms with Gasteiger partial charge in [-0.15, -0.1) is 0 Å². The Balaban J connectivity index is 1.92. The second kappa shape index (κ2) is 6.65. The average molecular weight is 259 g/mol. The Labute approximate surface area is 111 Å². The monoisotopic (exact) mass is 259 g/mol. The molecule has 2 aromatic rings. The number of aromatic nitrogens is 3. The maximum absolute atomic E-state index is 11.1. The molecule has 0 atom stereocenters. The first kappa shape index (κ1) is 13.2. The van der Waals surface area contributed by atoms with Crippen molar-refractivity contribution in [1.29, 1.82) is 0 Å². The maximum Gasteiger partial charge on any atom is 0.221 e. The van der Waals surface area contributed by atoms with Crippen molar-refractivity contribution in [1.82, 2.24) is 26.0 Å². The third-order valence-corrected chi connectivity index (χ3v) is 2.77. The van der Waals surface area contributed by atoms with E-state index in [0.29, 0.717) is 19.5 Å². The highest BCUT2D eigenvalue weighted by molar-refractivity contribution is 5.75. The fourth-order valence-corrected chi connectivity index (χ4v) is 1.74. The molecule has 1 heterocycles. The van der Waals surface area contributed by atoms with Gasteiger partial charge in [0, 0.05) is 32.1 Å². The third-order valence-electron chi connectivity index (χ3n) is 2.77. The molecule has 1 aromatic carbocycles. The number of hydrogen-bond donors (Lipinski definition) is 3. The second-order valence-corrected chi connectivity index (χ2v) is 4.08. The number of carbonyl (C=O) groups is 1. The van der Waals surface area contributed by atoms with Gasteiger partial charge in [-0.25, -0.2) is 0 Å². The summed E-state index contributed by atoms with van der Waals surface area (Å²) in [6, 6.07) is 9.88. The smallest absolute Gasteiger partial charge is 0.221 e. The van der Waals surface area contributed by atoms with Gasteiger partial charge in [0.1, 0.15) is 11.4 Å². The van der Waals surface area contributed by atoms with E-state index in [0.717, 1.165) is 17.0 Å². The summed E-state index contributed by atoms with van der Waals surface area (Å²) in [5.74, 6) is 0.0240. The first-order chi connectivity index (χ1) is 9.31. The molecule has 0 fully saturated rings. The first-order valence-electron chi connectivity index (χ1n) is 6.17. The van der Waals surface area contributed by atoms with E-state index in [2.05, 4.69) is 26.0 Å². The molecule has 0 radical (unpaired) electrons. The molecule has 3 N–H and O–H groups in total. The number of H-pyrrole nitrogens is 1. The van der Waals surface area contributed by atoms with Crippen molar-refractivity contribution in [3.05, 3.63) is 36.0 Å². The summed E-state index contributed by atoms with van der Waals surface area (Å²) < 4.78 is 0. The Kier molecular flexibility index (Phi) is 4.63. The zero-order valence-electron chi connectivity index (χ0n) is 10.8. The summed E-state index contributed by atoms with van der Waals surface area (Å²) in [6.45, 7) is 1.19. The largest absolute Gasteiger partial charge is 0.359 e. The minimum Gasteiger partial charge on any atom is -0.359 e. The quantitative estimate of drug-likeness (QED) is 0.667. The SMILES string of the molecule is CNC(=O)CCNCc1n[nH]nc1-c1ccccc1. The van der Waals surface area contributed by atoms with E-state index in [-0.39, 0.29) is 5.91 Å². The maximum atomic E-state index is 11.1. The Morgan fingerprint density at radius 3 is 2.79 bits per heavy atom. The van der Waals surface area contributed by atoms with Crippen molar-refractivity contribution in [2.24, 2.45) is 0 Å². The fraction of sp³-hybridized carbons (Fsp3) is 0.308. The van der Waals surface area contributed by atoms with E-state index in [9.17, 15) is 4.79 Å². The number of nitrogens with one attached hydrogen (secondary N) is 3. The van der Waals surface area contributed by atoms with Crippen LogP contribution in [0.4, 0.5) is 0 Å². The normalized spacial score (nSPS) is 10.4. The minimum atomic E-state index is 0.0240. The van der Waals surface area contributed by atoms with Crippen molar-refractivity contribution < 1.29 is 4.79 Å². The third kappa shape index (κ3) is 3.62. The molecule has 6 nitrogen and oxygen atoms in total. The zero-order chi connectivity index (χ0) is 13.5. The summed E-state index contributed by atoms with van der Waals surface area (Å²) >= 11 is 0. The number of rotatable bonds is 6. The van der Waals surface area contributed by atoms with Gasteiger partial charge < -0.3 is 10.6 Å². The molecular weight excluding hydrogens is 242 g/mol. The van der Waals surface area contributed by atoms with Crippen LogP contribution in [-0.4, -0.2) is 34.9 Å². The van der Waals surface area contributed by atoms with E-state index >= 15 is 0 Å². The molecule has 0 unspecified atom stereocenters. The molecule has 0 saturated carbocycles. The van der Waals surface area contributed by atoms with Crippen LogP contribution in [-0.2, 0) is 11.3 Å². The van der Waals surface area contributed by atoms with Crippen molar-refractivity contribution in [2.75, 3.05) is 13.6 Å². The summed E-state index contributed by atoms with van der Waals surface area (Å²) in [7, 11) is 1.63. The lowest BCUT2D eigenvalue weighted by Gasteiger charge is -2.03. The van der Waals surface area contributed by atoms with Crippen LogP contribution in [0.25, 0.3) is 11.3 Å². The lowest BCUT2D eigenvalue weighted by molar-refractivity contribution is -0.120. The van der Waals surface area contributed by atoms with Gasteiger partial charge in [-0.1, -0.05) is 30.3 Å². The summed E-state index contributed by atoms with van der Waals surface area (Å²) in [5.41, 5.74) is 2.72. The van der Waals surface area contributed by atoms with Crippen LogP contribution in [0.3, 0.4) is 0 Å². The van der Waals surface area contributed by atoms with Crippen molar-refractivity contribution in [3.8, 4) is 11.3 Å². The van der Waals surface area contributed by atoms with Gasteiger partial charge in [-0.2, -0.15) is 15.4 Å². The summed E-state index contributed by atoms with van der Waals surface area (Å²) in [6.07, 6.45) is 0.453. The summed E-state index contributed by atoms with van der Waals surface area (Å²) in [4.78, 5) is 11.1. The van der Waals surface area contributed by atoms with Gasteiger partial charge >= 0.3 is 0 Å². The highest BCUT2D eigenvalue weighted by Crippen LogP contribution is 2.18. The van der Waals surface area contributed by atoms with Crippen molar-refractivity contribution in [3.63, 3.8) is 0 Å². The molecule has 0 saturated heterocycles. The Morgan fingerprint density at radius 1 is 1.26 bits per heavy atom. The van der Waals surface area contributed by atoms with E-state index in [4.69, 9.17) is 0 Å². The van der Waals surface area contributed by atoms with Gasteiger partial charge in [0.05, 0.1) is 0 Å². The van der Waals surface area contributed by atoms with E-state index in [1.54, 1.807) is 7.05 Å². The molecule has 0 aliphatic rings. The topological polar surface area (TPSA) is 82.7 Å². The number of carbonyl (C=O) groups excluding carboxylic acids is 1. The predicted molar refractivity (Wildman–Crippen MR) is 72.2 cm³/mol. The molecule has 100 valence electrons. The summed E-state index contributed by atoms with van der Waals surface area (Å²) in [5, 5.41) is 16.7. The molecule has 1 amide bonds. The number of benzene rings is 1. The Bertz CT molecular complexity index is 523. The number of nitrogens with zero attached hydrogens (tertiary/aromatic N) is 2. The van der Waals surface area contributed by atoms with Crippen LogP contribution in [0.15, 0.2) is 30.3 Å². The number of aromatic amines is 1. The van der Waals surface area contributed by atoms with Gasteiger partial charge in [-0.3, -0.25) is 4.79 Å². The van der Waals surface area contributed by atoms with Crippen LogP contribution in [0.1, 0.15) is 12.1 Å². The zero-order valence-corrected chi connectivity index (χ0v) is 10.8. The highest BCUT2D eigenvalue weighted by atomic mass is 16.1. The van der Waals surface area contributed by atoms with E-state index < -0.39 is 0 Å². The molecule has 0 spiro atoms. The molecular formula is C13H17N5O. The molecule has 0 bridgehead atoms. The van der Waals surface area contributed by atoms with Gasteiger partial charge in [0.25, 0.3) is 0 Å². The fourth-order valence-electron chi connectivity index (χ4n) is 1.74. The minimum absolute atomic E-state index is 0.0240. The van der Waals surface area contributed by atoms with Gasteiger partial charge in [0.15, 0.2) is 0 Å². The van der Waals surface area contributed by atoms with Crippen LogP contribution >= 0.6 is 0 Å². The van der Waals surface area contributed by atoms with Gasteiger partial charge in [0.2, 0.25) is 5.91 Å². The molecule has 0 aliphatic carbocycles. The van der Waals surface area contributed by atoms with Crippen LogP contribution < -0.4 is 10.6 Å². The van der Waals surface area contributed by atoms with Crippen LogP contribution in [0, 0.1) is 0 Å². The van der Waals surface area contributed by atoms with E-state index in [1.807, 2.05) is 30.3 Å². The number of amides is 1. The standard InChI is InChI=1S/C13H17N5O/c1-14-12(19)7-8-15-9-11-13(17-18-16-11)10-5-3-2-4-6-10/h2-6,15H,7-9H2,1H3,(H,14,19)(H,16,17,18). The van der Waals surface area contributed by atoms with Crippen molar-refractivity contribution >= 4 is 5.91 Å². The van der Waals surface area contributed by atoms with Gasteiger partial charge in [-0.05, 0) is 0 Å². The molecule has 1 aromatic heterocycles. The number of hydrogen-bond acceptors (Lipinski definition) is 4. The Morgan fingerprint density at radius 2 is 2.05 bits per heavy atom. The Hall–Kier alpha value is -2.21. The second-order valence-electron chi connectivity index (χ2n) is 4.08. The average Bonchev–Trinajstić information content (AvgIpc) is 2.92. The van der Waals surface area contributed by atoms with Crippen molar-refractivity contribution in [2.45, 2.75) is 13.0 Å². The lowest BCUT2D eigenvalue weighted by Crippen LogP contribution is -2.24. The van der Waals surface area contributed by atoms with E-state index in [1.165, 1.54) is 0 Å². The molecule has 19 heavy (non-hydrogen) atoms. The molecule has 2 rings (SSSR count). The molecule has 6 heteroatoms. The van der Waals surface area contributed by atoms with Crippen LogP contribution in [0.5, 0.6) is 0 Å². The lowest BCUT2D eigenvalue weighted by atomic mass is 10.1. The molecule has 0 aliphatic heterocycles. The predicted octanol–water partition coefficient (Wildman–Crippen LogP) is 0.697.